The quantitative estimate of drug-likeness (QED) is 0.871. The first-order valence-electron chi connectivity index (χ1n) is 5.86. The Bertz CT molecular complexity index is 641. The van der Waals surface area contributed by atoms with Crippen LogP contribution in [0.15, 0.2) is 24.4 Å². The van der Waals surface area contributed by atoms with Crippen molar-refractivity contribution in [2.75, 3.05) is 0 Å². The number of aromatic nitrogens is 2. The number of hydrogen-bond donors (Lipinski definition) is 1. The van der Waals surface area contributed by atoms with Gasteiger partial charge in [0, 0.05) is 0 Å². The summed E-state index contributed by atoms with van der Waals surface area (Å²) in [5.41, 5.74) is 9.58. The van der Waals surface area contributed by atoms with E-state index < -0.39 is 0 Å². The normalized spacial score (nSPS) is 10.3. The van der Waals surface area contributed by atoms with Crippen molar-refractivity contribution < 1.29 is 4.74 Å². The van der Waals surface area contributed by atoms with Gasteiger partial charge in [0.15, 0.2) is 0 Å². The highest BCUT2D eigenvalue weighted by Gasteiger charge is 2.12. The molecule has 2 rings (SSSR count). The Morgan fingerprint density at radius 1 is 1.26 bits per heavy atom. The highest BCUT2D eigenvalue weighted by Crippen LogP contribution is 2.28. The van der Waals surface area contributed by atoms with Crippen molar-refractivity contribution in [2.24, 2.45) is 5.73 Å². The van der Waals surface area contributed by atoms with Gasteiger partial charge in [0.05, 0.1) is 11.8 Å². The van der Waals surface area contributed by atoms with E-state index in [2.05, 4.69) is 16.3 Å². The highest BCUT2D eigenvalue weighted by molar-refractivity contribution is 7.80. The van der Waals surface area contributed by atoms with Crippen LogP contribution in [-0.2, 0) is 0 Å². The van der Waals surface area contributed by atoms with Crippen LogP contribution in [0.3, 0.4) is 0 Å². The average molecular weight is 273 g/mol. The molecule has 1 aromatic heterocycles. The zero-order valence-electron chi connectivity index (χ0n) is 11.1. The second kappa shape index (κ2) is 5.32. The van der Waals surface area contributed by atoms with Crippen LogP contribution in [0.2, 0.25) is 0 Å². The largest absolute Gasteiger partial charge is 0.437 e. The highest BCUT2D eigenvalue weighted by atomic mass is 32.1. The van der Waals surface area contributed by atoms with E-state index in [1.54, 1.807) is 6.07 Å². The lowest BCUT2D eigenvalue weighted by molar-refractivity contribution is 0.450. The van der Waals surface area contributed by atoms with Crippen LogP contribution < -0.4 is 10.5 Å². The fourth-order valence-electron chi connectivity index (χ4n) is 1.79. The molecule has 0 atom stereocenters. The Morgan fingerprint density at radius 2 is 2.00 bits per heavy atom. The summed E-state index contributed by atoms with van der Waals surface area (Å²) in [6, 6.07) is 5.76. The van der Waals surface area contributed by atoms with Crippen molar-refractivity contribution in [1.82, 2.24) is 10.2 Å². The van der Waals surface area contributed by atoms with Gasteiger partial charge in [-0.1, -0.05) is 18.3 Å². The molecule has 2 N–H and O–H groups in total. The van der Waals surface area contributed by atoms with Crippen LogP contribution >= 0.6 is 12.2 Å². The van der Waals surface area contributed by atoms with Gasteiger partial charge in [0.2, 0.25) is 5.88 Å². The number of thiocarbonyl (C=S) groups is 1. The van der Waals surface area contributed by atoms with Gasteiger partial charge in [-0.3, -0.25) is 0 Å². The lowest BCUT2D eigenvalue weighted by atomic mass is 10.1. The third-order valence-corrected chi connectivity index (χ3v) is 3.14. The summed E-state index contributed by atoms with van der Waals surface area (Å²) in [6.45, 7) is 6.06. The van der Waals surface area contributed by atoms with Gasteiger partial charge in [-0.15, -0.1) is 5.10 Å². The molecule has 19 heavy (non-hydrogen) atoms. The van der Waals surface area contributed by atoms with E-state index in [9.17, 15) is 0 Å². The molecular weight excluding hydrogens is 258 g/mol. The van der Waals surface area contributed by atoms with Gasteiger partial charge in [0.1, 0.15) is 10.7 Å². The fourth-order valence-corrected chi connectivity index (χ4v) is 1.95. The number of benzene rings is 1. The molecule has 0 fully saturated rings. The van der Waals surface area contributed by atoms with E-state index in [0.717, 1.165) is 22.4 Å². The molecule has 0 spiro atoms. The van der Waals surface area contributed by atoms with Crippen LogP contribution in [0, 0.1) is 20.8 Å². The van der Waals surface area contributed by atoms with Crippen molar-refractivity contribution in [2.45, 2.75) is 20.8 Å². The maximum Gasteiger partial charge on any atom is 0.249 e. The van der Waals surface area contributed by atoms with Crippen molar-refractivity contribution in [3.63, 3.8) is 0 Å². The molecule has 1 heterocycles. The van der Waals surface area contributed by atoms with Crippen LogP contribution in [0.4, 0.5) is 0 Å². The predicted octanol–water partition coefficient (Wildman–Crippen LogP) is 2.83. The minimum absolute atomic E-state index is 0.243. The Labute approximate surface area is 117 Å². The SMILES string of the molecule is Cc1cc(C)c(C)c(Oc2nnccc2C(N)=S)c1. The summed E-state index contributed by atoms with van der Waals surface area (Å²) in [5.74, 6) is 1.08. The summed E-state index contributed by atoms with van der Waals surface area (Å²) >= 11 is 4.98. The van der Waals surface area contributed by atoms with Gasteiger partial charge in [-0.2, -0.15) is 5.10 Å². The third-order valence-electron chi connectivity index (χ3n) is 2.92. The number of nitrogens with zero attached hydrogens (tertiary/aromatic N) is 2. The predicted molar refractivity (Wildman–Crippen MR) is 78.6 cm³/mol. The average Bonchev–Trinajstić information content (AvgIpc) is 2.35. The molecule has 0 aliphatic heterocycles. The Balaban J connectivity index is 2.45. The lowest BCUT2D eigenvalue weighted by Gasteiger charge is -2.12. The molecule has 0 aliphatic rings. The maximum absolute atomic E-state index is 5.82. The molecule has 0 saturated heterocycles. The van der Waals surface area contributed by atoms with E-state index in [4.69, 9.17) is 22.7 Å². The Morgan fingerprint density at radius 3 is 2.68 bits per heavy atom. The number of ether oxygens (including phenoxy) is 1. The second-order valence-electron chi connectivity index (χ2n) is 4.42. The van der Waals surface area contributed by atoms with E-state index in [0.29, 0.717) is 11.4 Å². The minimum Gasteiger partial charge on any atom is -0.437 e. The number of nitrogens with two attached hydrogens (primary N) is 1. The van der Waals surface area contributed by atoms with Crippen LogP contribution in [-0.4, -0.2) is 15.2 Å². The minimum atomic E-state index is 0.243. The zero-order chi connectivity index (χ0) is 14.0. The van der Waals surface area contributed by atoms with E-state index in [1.165, 1.54) is 6.20 Å². The summed E-state index contributed by atoms with van der Waals surface area (Å²) < 4.78 is 5.82. The zero-order valence-corrected chi connectivity index (χ0v) is 11.9. The molecule has 0 unspecified atom stereocenters. The summed E-state index contributed by atoms with van der Waals surface area (Å²) in [4.78, 5) is 0.243. The van der Waals surface area contributed by atoms with Gasteiger partial charge in [-0.05, 0) is 49.6 Å². The first-order valence-corrected chi connectivity index (χ1v) is 6.27. The van der Waals surface area contributed by atoms with E-state index in [-0.39, 0.29) is 4.99 Å². The summed E-state index contributed by atoms with van der Waals surface area (Å²) in [6.07, 6.45) is 1.54. The molecule has 0 bridgehead atoms. The first kappa shape index (κ1) is 13.4. The van der Waals surface area contributed by atoms with Gasteiger partial charge < -0.3 is 10.5 Å². The first-order chi connectivity index (χ1) is 8.99. The Hall–Kier alpha value is -2.01. The molecule has 4 nitrogen and oxygen atoms in total. The van der Waals surface area contributed by atoms with Crippen molar-refractivity contribution >= 4 is 17.2 Å². The molecule has 5 heteroatoms. The van der Waals surface area contributed by atoms with Gasteiger partial charge in [-0.25, -0.2) is 0 Å². The van der Waals surface area contributed by atoms with Crippen molar-refractivity contribution in [1.29, 1.82) is 0 Å². The molecule has 2 aromatic rings. The van der Waals surface area contributed by atoms with Gasteiger partial charge >= 0.3 is 0 Å². The second-order valence-corrected chi connectivity index (χ2v) is 4.86. The molecule has 98 valence electrons. The number of rotatable bonds is 3. The topological polar surface area (TPSA) is 61.0 Å². The molecule has 0 amide bonds. The molecule has 0 radical (unpaired) electrons. The van der Waals surface area contributed by atoms with Crippen LogP contribution in [0.5, 0.6) is 11.6 Å². The summed E-state index contributed by atoms with van der Waals surface area (Å²) in [5, 5.41) is 7.76. The van der Waals surface area contributed by atoms with E-state index >= 15 is 0 Å². The monoisotopic (exact) mass is 273 g/mol. The molecule has 1 aromatic carbocycles. The van der Waals surface area contributed by atoms with Crippen LogP contribution in [0.25, 0.3) is 0 Å². The smallest absolute Gasteiger partial charge is 0.249 e. The molecular formula is C14H15N3OS. The fraction of sp³-hybridized carbons (Fsp3) is 0.214. The number of aryl methyl sites for hydroxylation is 2. The van der Waals surface area contributed by atoms with Crippen molar-refractivity contribution in [3.05, 3.63) is 46.6 Å². The van der Waals surface area contributed by atoms with Crippen LogP contribution in [0.1, 0.15) is 22.3 Å². The third kappa shape index (κ3) is 2.88. The number of hydrogen-bond acceptors (Lipinski definition) is 4. The van der Waals surface area contributed by atoms with Gasteiger partial charge in [0.25, 0.3) is 0 Å². The lowest BCUT2D eigenvalue weighted by Crippen LogP contribution is -2.12. The van der Waals surface area contributed by atoms with Crippen molar-refractivity contribution in [3.8, 4) is 11.6 Å². The Kier molecular flexibility index (Phi) is 3.76. The van der Waals surface area contributed by atoms with E-state index in [1.807, 2.05) is 26.8 Å². The standard InChI is InChI=1S/C14H15N3OS/c1-8-6-9(2)10(3)12(7-8)18-14-11(13(15)19)4-5-16-17-14/h4-7H,1-3H3,(H2,15,19). The maximum atomic E-state index is 5.82. The molecule has 0 aliphatic carbocycles. The summed E-state index contributed by atoms with van der Waals surface area (Å²) in [7, 11) is 0. The molecule has 0 saturated carbocycles.